The Bertz CT molecular complexity index is 478. The fraction of sp³-hybridized carbons (Fsp3) is 0.714. The predicted octanol–water partition coefficient (Wildman–Crippen LogP) is 2.06. The van der Waals surface area contributed by atoms with Gasteiger partial charge in [0.25, 0.3) is 5.91 Å². The number of carbonyl (C=O) groups is 1. The van der Waals surface area contributed by atoms with Crippen molar-refractivity contribution in [2.75, 3.05) is 25.5 Å². The molecule has 6 heteroatoms. The highest BCUT2D eigenvalue weighted by Gasteiger charge is 2.26. The first kappa shape index (κ1) is 13.8. The summed E-state index contributed by atoms with van der Waals surface area (Å²) in [4.78, 5) is 19.9. The lowest BCUT2D eigenvalue weighted by atomic mass is 10.1. The Morgan fingerprint density at radius 3 is 2.75 bits per heavy atom. The molecule has 0 bridgehead atoms. The van der Waals surface area contributed by atoms with Crippen LogP contribution in [0.2, 0.25) is 0 Å². The van der Waals surface area contributed by atoms with E-state index in [0.29, 0.717) is 6.04 Å². The van der Waals surface area contributed by atoms with Crippen LogP contribution >= 0.6 is 11.3 Å². The summed E-state index contributed by atoms with van der Waals surface area (Å²) in [5, 5.41) is 7.13. The van der Waals surface area contributed by atoms with Crippen LogP contribution in [0.1, 0.15) is 46.8 Å². The molecule has 20 heavy (non-hydrogen) atoms. The van der Waals surface area contributed by atoms with E-state index >= 15 is 0 Å². The van der Waals surface area contributed by atoms with E-state index in [1.807, 2.05) is 7.05 Å². The zero-order chi connectivity index (χ0) is 13.9. The molecule has 2 N–H and O–H groups in total. The van der Waals surface area contributed by atoms with Crippen molar-refractivity contribution in [3.63, 3.8) is 0 Å². The number of nitrogens with zero attached hydrogens (tertiary/aromatic N) is 2. The van der Waals surface area contributed by atoms with Crippen LogP contribution in [0.5, 0.6) is 0 Å². The molecule has 1 amide bonds. The molecule has 1 aliphatic heterocycles. The van der Waals surface area contributed by atoms with Crippen molar-refractivity contribution in [1.82, 2.24) is 15.2 Å². The summed E-state index contributed by atoms with van der Waals surface area (Å²) in [6, 6.07) is 0.389. The number of hydrogen-bond donors (Lipinski definition) is 2. The first-order chi connectivity index (χ1) is 9.76. The summed E-state index contributed by atoms with van der Waals surface area (Å²) in [7, 11) is 1.83. The van der Waals surface area contributed by atoms with Crippen LogP contribution in [-0.4, -0.2) is 42.0 Å². The molecule has 2 fully saturated rings. The van der Waals surface area contributed by atoms with E-state index in [0.717, 1.165) is 48.2 Å². The number of thiazole rings is 1. The Balaban J connectivity index is 1.68. The Morgan fingerprint density at radius 1 is 1.35 bits per heavy atom. The average Bonchev–Trinajstić information content (AvgIpc) is 3.18. The van der Waals surface area contributed by atoms with E-state index in [1.165, 1.54) is 30.6 Å². The van der Waals surface area contributed by atoms with Gasteiger partial charge in [0.15, 0.2) is 0 Å². The SMILES string of the molecule is CNc1nc(CN2CCCCC2)sc1C(=O)NC1CC1. The Hall–Kier alpha value is -1.14. The third kappa shape index (κ3) is 3.30. The van der Waals surface area contributed by atoms with Gasteiger partial charge in [0, 0.05) is 13.1 Å². The maximum atomic E-state index is 12.2. The van der Waals surface area contributed by atoms with Gasteiger partial charge in [0.2, 0.25) is 0 Å². The molecule has 1 aromatic rings. The molecule has 2 aliphatic rings. The predicted molar refractivity (Wildman–Crippen MR) is 81.3 cm³/mol. The highest BCUT2D eigenvalue weighted by molar-refractivity contribution is 7.14. The Morgan fingerprint density at radius 2 is 2.10 bits per heavy atom. The number of hydrogen-bond acceptors (Lipinski definition) is 5. The van der Waals surface area contributed by atoms with Gasteiger partial charge in [-0.1, -0.05) is 6.42 Å². The van der Waals surface area contributed by atoms with Gasteiger partial charge in [-0.05, 0) is 38.8 Å². The van der Waals surface area contributed by atoms with Gasteiger partial charge in [-0.25, -0.2) is 4.98 Å². The van der Waals surface area contributed by atoms with Crippen molar-refractivity contribution < 1.29 is 4.79 Å². The van der Waals surface area contributed by atoms with Crippen LogP contribution in [-0.2, 0) is 6.54 Å². The molecule has 2 heterocycles. The van der Waals surface area contributed by atoms with Gasteiger partial charge in [-0.2, -0.15) is 0 Å². The molecule has 110 valence electrons. The maximum absolute atomic E-state index is 12.2. The molecule has 3 rings (SSSR count). The number of likely N-dealkylation sites (tertiary alicyclic amines) is 1. The average molecular weight is 294 g/mol. The summed E-state index contributed by atoms with van der Waals surface area (Å²) in [5.41, 5.74) is 0. The minimum absolute atomic E-state index is 0.0271. The van der Waals surface area contributed by atoms with Crippen LogP contribution in [0, 0.1) is 0 Å². The standard InChI is InChI=1S/C14H22N4OS/c1-15-13-12(14(19)16-10-5-6-10)20-11(17-13)9-18-7-3-2-4-8-18/h10,15H,2-9H2,1H3,(H,16,19). The lowest BCUT2D eigenvalue weighted by Crippen LogP contribution is -2.29. The zero-order valence-electron chi connectivity index (χ0n) is 11.9. The summed E-state index contributed by atoms with van der Waals surface area (Å²) in [6.07, 6.45) is 6.11. The second-order valence-corrected chi connectivity index (χ2v) is 6.70. The number of carbonyl (C=O) groups excluding carboxylic acids is 1. The highest BCUT2D eigenvalue weighted by atomic mass is 32.1. The minimum atomic E-state index is 0.0271. The van der Waals surface area contributed by atoms with E-state index in [9.17, 15) is 4.79 Å². The van der Waals surface area contributed by atoms with E-state index in [1.54, 1.807) is 0 Å². The van der Waals surface area contributed by atoms with Crippen LogP contribution in [0.3, 0.4) is 0 Å². The second kappa shape index (κ2) is 6.10. The highest BCUT2D eigenvalue weighted by Crippen LogP contribution is 2.27. The van der Waals surface area contributed by atoms with Gasteiger partial charge in [-0.15, -0.1) is 11.3 Å². The molecule has 1 aromatic heterocycles. The monoisotopic (exact) mass is 294 g/mol. The van der Waals surface area contributed by atoms with Crippen LogP contribution < -0.4 is 10.6 Å². The normalized spacial score (nSPS) is 19.9. The summed E-state index contributed by atoms with van der Waals surface area (Å²) in [5.74, 6) is 0.749. The molecule has 0 spiro atoms. The van der Waals surface area contributed by atoms with E-state index in [-0.39, 0.29) is 5.91 Å². The number of nitrogens with one attached hydrogen (secondary N) is 2. The maximum Gasteiger partial charge on any atom is 0.265 e. The number of rotatable bonds is 5. The van der Waals surface area contributed by atoms with Gasteiger partial charge in [-0.3, -0.25) is 9.69 Å². The lowest BCUT2D eigenvalue weighted by Gasteiger charge is -2.25. The molecule has 0 unspecified atom stereocenters. The van der Waals surface area contributed by atoms with Crippen molar-refractivity contribution in [3.05, 3.63) is 9.88 Å². The fourth-order valence-electron chi connectivity index (χ4n) is 2.54. The van der Waals surface area contributed by atoms with Crippen LogP contribution in [0.4, 0.5) is 5.82 Å². The molecule has 1 aliphatic carbocycles. The molecular formula is C14H22N4OS. The Kier molecular flexibility index (Phi) is 4.21. The quantitative estimate of drug-likeness (QED) is 0.873. The van der Waals surface area contributed by atoms with E-state index < -0.39 is 0 Å². The first-order valence-electron chi connectivity index (χ1n) is 7.47. The van der Waals surface area contributed by atoms with Crippen molar-refractivity contribution in [3.8, 4) is 0 Å². The molecule has 1 saturated carbocycles. The summed E-state index contributed by atoms with van der Waals surface area (Å²) >= 11 is 1.53. The van der Waals surface area contributed by atoms with Crippen molar-refractivity contribution in [2.24, 2.45) is 0 Å². The number of amides is 1. The van der Waals surface area contributed by atoms with E-state index in [4.69, 9.17) is 0 Å². The molecule has 5 nitrogen and oxygen atoms in total. The van der Waals surface area contributed by atoms with Crippen molar-refractivity contribution in [2.45, 2.75) is 44.7 Å². The molecule has 0 atom stereocenters. The number of aromatic nitrogens is 1. The largest absolute Gasteiger partial charge is 0.372 e. The lowest BCUT2D eigenvalue weighted by molar-refractivity contribution is 0.0955. The first-order valence-corrected chi connectivity index (χ1v) is 8.28. The Labute approximate surface area is 123 Å². The smallest absolute Gasteiger partial charge is 0.265 e. The second-order valence-electron chi connectivity index (χ2n) is 5.62. The van der Waals surface area contributed by atoms with Gasteiger partial charge >= 0.3 is 0 Å². The molecule has 0 radical (unpaired) electrons. The topological polar surface area (TPSA) is 57.3 Å². The minimum Gasteiger partial charge on any atom is -0.372 e. The van der Waals surface area contributed by atoms with Crippen molar-refractivity contribution >= 4 is 23.1 Å². The third-order valence-corrected chi connectivity index (χ3v) is 4.87. The van der Waals surface area contributed by atoms with Crippen molar-refractivity contribution in [1.29, 1.82) is 0 Å². The fourth-order valence-corrected chi connectivity index (χ4v) is 3.56. The van der Waals surface area contributed by atoms with E-state index in [2.05, 4.69) is 20.5 Å². The third-order valence-electron chi connectivity index (χ3n) is 3.83. The summed E-state index contributed by atoms with van der Waals surface area (Å²) < 4.78 is 0. The molecule has 1 saturated heterocycles. The van der Waals surface area contributed by atoms with Gasteiger partial charge < -0.3 is 10.6 Å². The number of anilines is 1. The molecular weight excluding hydrogens is 272 g/mol. The van der Waals surface area contributed by atoms with Gasteiger partial charge in [0.05, 0.1) is 6.54 Å². The van der Waals surface area contributed by atoms with Gasteiger partial charge in [0.1, 0.15) is 15.7 Å². The zero-order valence-corrected chi connectivity index (χ0v) is 12.8. The van der Waals surface area contributed by atoms with Crippen LogP contribution in [0.25, 0.3) is 0 Å². The molecule has 0 aromatic carbocycles. The van der Waals surface area contributed by atoms with Crippen LogP contribution in [0.15, 0.2) is 0 Å². The summed E-state index contributed by atoms with van der Waals surface area (Å²) in [6.45, 7) is 3.17. The number of piperidine rings is 1.